The lowest BCUT2D eigenvalue weighted by molar-refractivity contribution is -0.117. The molecule has 1 aromatic heterocycles. The summed E-state index contributed by atoms with van der Waals surface area (Å²) in [6.45, 7) is 9.15. The van der Waals surface area contributed by atoms with Gasteiger partial charge >= 0.3 is 0 Å². The lowest BCUT2D eigenvalue weighted by Gasteiger charge is -2.13. The van der Waals surface area contributed by atoms with Crippen molar-refractivity contribution in [2.75, 3.05) is 7.11 Å². The molecule has 0 saturated carbocycles. The van der Waals surface area contributed by atoms with Crippen molar-refractivity contribution < 1.29 is 14.3 Å². The van der Waals surface area contributed by atoms with Gasteiger partial charge in [-0.15, -0.1) is 0 Å². The zero-order valence-corrected chi connectivity index (χ0v) is 19.4. The summed E-state index contributed by atoms with van der Waals surface area (Å²) in [6, 6.07) is 13.5. The third-order valence-corrected chi connectivity index (χ3v) is 5.34. The molecule has 0 radical (unpaired) electrons. The van der Waals surface area contributed by atoms with Gasteiger partial charge in [0.1, 0.15) is 18.1 Å². The molecule has 3 aromatic rings. The van der Waals surface area contributed by atoms with Gasteiger partial charge in [-0.1, -0.05) is 24.3 Å². The van der Waals surface area contributed by atoms with Gasteiger partial charge in [0, 0.05) is 29.9 Å². The number of rotatable bonds is 9. The molecule has 6 nitrogen and oxygen atoms in total. The van der Waals surface area contributed by atoms with E-state index in [0.29, 0.717) is 6.61 Å². The van der Waals surface area contributed by atoms with Crippen LogP contribution in [-0.4, -0.2) is 22.8 Å². The quantitative estimate of drug-likeness (QED) is 0.483. The molecule has 2 aromatic carbocycles. The minimum absolute atomic E-state index is 0.124. The van der Waals surface area contributed by atoms with Gasteiger partial charge in [0.25, 0.3) is 0 Å². The van der Waals surface area contributed by atoms with E-state index >= 15 is 0 Å². The number of amides is 1. The highest BCUT2D eigenvalue weighted by molar-refractivity contribution is 5.92. The third kappa shape index (κ3) is 5.78. The van der Waals surface area contributed by atoms with Crippen LogP contribution >= 0.6 is 0 Å². The largest absolute Gasteiger partial charge is 0.496 e. The predicted molar refractivity (Wildman–Crippen MR) is 127 cm³/mol. The van der Waals surface area contributed by atoms with Gasteiger partial charge in [0.05, 0.1) is 18.8 Å². The first-order chi connectivity index (χ1) is 15.4. The van der Waals surface area contributed by atoms with Crippen molar-refractivity contribution >= 4 is 12.0 Å². The first-order valence-corrected chi connectivity index (χ1v) is 10.8. The van der Waals surface area contributed by atoms with Gasteiger partial charge in [0.15, 0.2) is 0 Å². The summed E-state index contributed by atoms with van der Waals surface area (Å²) < 4.78 is 13.3. The predicted octanol–water partition coefficient (Wildman–Crippen LogP) is 5.00. The molecule has 168 valence electrons. The van der Waals surface area contributed by atoms with Gasteiger partial charge in [-0.25, -0.2) is 0 Å². The number of aryl methyl sites for hydroxylation is 3. The molecule has 0 aliphatic heterocycles. The zero-order chi connectivity index (χ0) is 23.1. The average molecular weight is 434 g/mol. The molecule has 0 aliphatic carbocycles. The Bertz CT molecular complexity index is 1100. The van der Waals surface area contributed by atoms with Crippen LogP contribution in [0.15, 0.2) is 54.7 Å². The maximum absolute atomic E-state index is 12.5. The maximum atomic E-state index is 12.5. The monoisotopic (exact) mass is 433 g/mol. The molecule has 1 amide bonds. The van der Waals surface area contributed by atoms with E-state index in [4.69, 9.17) is 9.47 Å². The molecule has 32 heavy (non-hydrogen) atoms. The molecule has 0 bridgehead atoms. The normalized spacial score (nSPS) is 12.0. The number of hydrogen-bond donors (Lipinski definition) is 1. The Hall–Kier alpha value is -3.54. The van der Waals surface area contributed by atoms with Crippen molar-refractivity contribution in [2.45, 2.75) is 46.9 Å². The van der Waals surface area contributed by atoms with E-state index in [9.17, 15) is 4.79 Å². The third-order valence-electron chi connectivity index (χ3n) is 5.34. The highest BCUT2D eigenvalue weighted by Crippen LogP contribution is 2.24. The summed E-state index contributed by atoms with van der Waals surface area (Å²) in [5.41, 5.74) is 4.83. The molecule has 1 N–H and O–H groups in total. The fourth-order valence-electron chi connectivity index (χ4n) is 3.52. The Labute approximate surface area is 189 Å². The molecule has 0 spiro atoms. The highest BCUT2D eigenvalue weighted by Gasteiger charge is 2.13. The fourth-order valence-corrected chi connectivity index (χ4v) is 3.52. The molecule has 6 heteroatoms. The number of methoxy groups -OCH3 is 1. The molecule has 0 fully saturated rings. The second-order valence-electron chi connectivity index (χ2n) is 7.71. The van der Waals surface area contributed by atoms with Crippen LogP contribution in [0.1, 0.15) is 47.8 Å². The van der Waals surface area contributed by atoms with Gasteiger partial charge in [0.2, 0.25) is 5.91 Å². The van der Waals surface area contributed by atoms with Crippen LogP contribution in [0.25, 0.3) is 6.08 Å². The van der Waals surface area contributed by atoms with Crippen molar-refractivity contribution in [1.29, 1.82) is 0 Å². The number of ether oxygens (including phenoxy) is 2. The molecule has 1 unspecified atom stereocenters. The van der Waals surface area contributed by atoms with Crippen LogP contribution in [0.5, 0.6) is 11.5 Å². The summed E-state index contributed by atoms with van der Waals surface area (Å²) in [5, 5.41) is 7.45. The summed E-state index contributed by atoms with van der Waals surface area (Å²) >= 11 is 0. The van der Waals surface area contributed by atoms with E-state index in [1.807, 2.05) is 81.0 Å². The SMILES string of the molecule is CCn1cc(C(C)NC(=O)/C=C/c2ccc(OC)c(COc3ccccc3C)c2)c(C)n1. The number of nitrogens with zero attached hydrogens (tertiary/aromatic N) is 2. The van der Waals surface area contributed by atoms with Crippen LogP contribution in [0.3, 0.4) is 0 Å². The van der Waals surface area contributed by atoms with E-state index in [0.717, 1.165) is 46.0 Å². The minimum atomic E-state index is -0.158. The molecule has 1 heterocycles. The topological polar surface area (TPSA) is 65.4 Å². The Kier molecular flexibility index (Phi) is 7.71. The lowest BCUT2D eigenvalue weighted by atomic mass is 10.1. The molecule has 0 saturated heterocycles. The number of hydrogen-bond acceptors (Lipinski definition) is 4. The van der Waals surface area contributed by atoms with E-state index in [-0.39, 0.29) is 11.9 Å². The average Bonchev–Trinajstić information content (AvgIpc) is 3.18. The van der Waals surface area contributed by atoms with Crippen molar-refractivity contribution in [2.24, 2.45) is 0 Å². The Morgan fingerprint density at radius 1 is 1.19 bits per heavy atom. The van der Waals surface area contributed by atoms with Gasteiger partial charge in [-0.3, -0.25) is 9.48 Å². The first-order valence-electron chi connectivity index (χ1n) is 10.8. The standard InChI is InChI=1S/C26H31N3O3/c1-6-29-16-23(20(4)28-29)19(3)27-26(30)14-12-21-11-13-25(31-5)22(15-21)17-32-24-10-8-7-9-18(24)2/h7-16,19H,6,17H2,1-5H3,(H,27,30)/b14-12+. The van der Waals surface area contributed by atoms with Crippen molar-refractivity contribution in [1.82, 2.24) is 15.1 Å². The highest BCUT2D eigenvalue weighted by atomic mass is 16.5. The summed E-state index contributed by atoms with van der Waals surface area (Å²) in [7, 11) is 1.64. The number of carbonyl (C=O) groups is 1. The second kappa shape index (κ2) is 10.7. The Balaban J connectivity index is 1.66. The van der Waals surface area contributed by atoms with Crippen LogP contribution in [0.4, 0.5) is 0 Å². The minimum Gasteiger partial charge on any atom is -0.496 e. The first kappa shape index (κ1) is 23.1. The van der Waals surface area contributed by atoms with Crippen LogP contribution in [0, 0.1) is 13.8 Å². The summed E-state index contributed by atoms with van der Waals surface area (Å²) in [5.74, 6) is 1.43. The van der Waals surface area contributed by atoms with Crippen LogP contribution in [-0.2, 0) is 17.9 Å². The Morgan fingerprint density at radius 2 is 1.97 bits per heavy atom. The molecular weight excluding hydrogens is 402 g/mol. The van der Waals surface area contributed by atoms with Crippen molar-refractivity contribution in [3.05, 3.63) is 82.7 Å². The van der Waals surface area contributed by atoms with Gasteiger partial charge < -0.3 is 14.8 Å². The lowest BCUT2D eigenvalue weighted by Crippen LogP contribution is -2.24. The smallest absolute Gasteiger partial charge is 0.244 e. The van der Waals surface area contributed by atoms with Crippen molar-refractivity contribution in [3.63, 3.8) is 0 Å². The number of nitrogens with one attached hydrogen (secondary N) is 1. The maximum Gasteiger partial charge on any atom is 0.244 e. The van der Waals surface area contributed by atoms with Crippen molar-refractivity contribution in [3.8, 4) is 11.5 Å². The molecular formula is C26H31N3O3. The van der Waals surface area contributed by atoms with Crippen LogP contribution < -0.4 is 14.8 Å². The van der Waals surface area contributed by atoms with Crippen LogP contribution in [0.2, 0.25) is 0 Å². The number of aromatic nitrogens is 2. The molecule has 1 atom stereocenters. The summed E-state index contributed by atoms with van der Waals surface area (Å²) in [6.07, 6.45) is 5.32. The van der Waals surface area contributed by atoms with Gasteiger partial charge in [-0.05, 0) is 63.1 Å². The second-order valence-corrected chi connectivity index (χ2v) is 7.71. The molecule has 3 rings (SSSR count). The van der Waals surface area contributed by atoms with E-state index < -0.39 is 0 Å². The number of benzene rings is 2. The number of carbonyl (C=O) groups excluding carboxylic acids is 1. The van der Waals surface area contributed by atoms with E-state index in [1.165, 1.54) is 0 Å². The van der Waals surface area contributed by atoms with E-state index in [2.05, 4.69) is 10.4 Å². The molecule has 0 aliphatic rings. The van der Waals surface area contributed by atoms with Gasteiger partial charge in [-0.2, -0.15) is 5.10 Å². The fraction of sp³-hybridized carbons (Fsp3) is 0.308. The number of para-hydroxylation sites is 1. The Morgan fingerprint density at radius 3 is 2.66 bits per heavy atom. The summed E-state index contributed by atoms with van der Waals surface area (Å²) in [4.78, 5) is 12.5. The van der Waals surface area contributed by atoms with E-state index in [1.54, 1.807) is 19.3 Å². The zero-order valence-electron chi connectivity index (χ0n) is 19.4.